The molecule has 0 aliphatic carbocycles. The lowest BCUT2D eigenvalue weighted by molar-refractivity contribution is -0.125. The topological polar surface area (TPSA) is 52.7 Å². The largest absolute Gasteiger partial charge is 0.369 e. The Morgan fingerprint density at radius 3 is 2.50 bits per heavy atom. The van der Waals surface area contributed by atoms with E-state index in [0.29, 0.717) is 18.2 Å². The highest BCUT2D eigenvalue weighted by Gasteiger charge is 2.28. The van der Waals surface area contributed by atoms with Crippen molar-refractivity contribution in [3.05, 3.63) is 29.8 Å². The van der Waals surface area contributed by atoms with Crippen LogP contribution in [-0.4, -0.2) is 49.4 Å². The van der Waals surface area contributed by atoms with Gasteiger partial charge in [-0.1, -0.05) is 0 Å². The van der Waals surface area contributed by atoms with E-state index in [9.17, 15) is 9.59 Å². The van der Waals surface area contributed by atoms with Crippen LogP contribution in [0.15, 0.2) is 24.3 Å². The van der Waals surface area contributed by atoms with Gasteiger partial charge in [-0.3, -0.25) is 9.59 Å². The first-order valence-electron chi connectivity index (χ1n) is 8.85. The van der Waals surface area contributed by atoms with E-state index < -0.39 is 0 Å². The standard InChI is InChI=1S/C19H29N3O2/c1-5-22(14(2)3)17-10-8-15(9-11-17)19(24)21-12-6-7-16(13-21)18(23)20-4/h8-11,14,16H,5-7,12-13H2,1-4H3,(H,20,23). The van der Waals surface area contributed by atoms with E-state index in [-0.39, 0.29) is 17.7 Å². The van der Waals surface area contributed by atoms with Gasteiger partial charge in [0.2, 0.25) is 5.91 Å². The summed E-state index contributed by atoms with van der Waals surface area (Å²) in [6.45, 7) is 8.62. The summed E-state index contributed by atoms with van der Waals surface area (Å²) in [5, 5.41) is 2.69. The molecule has 1 atom stereocenters. The maximum atomic E-state index is 12.7. The molecule has 5 heteroatoms. The second-order valence-corrected chi connectivity index (χ2v) is 6.63. The fourth-order valence-corrected chi connectivity index (χ4v) is 3.40. The summed E-state index contributed by atoms with van der Waals surface area (Å²) in [5.74, 6) is -0.0513. The van der Waals surface area contributed by atoms with Crippen LogP contribution in [0.25, 0.3) is 0 Å². The number of likely N-dealkylation sites (tertiary alicyclic amines) is 1. The van der Waals surface area contributed by atoms with E-state index in [0.717, 1.165) is 31.6 Å². The van der Waals surface area contributed by atoms with Crippen LogP contribution in [0.4, 0.5) is 5.69 Å². The molecule has 1 aliphatic heterocycles. The van der Waals surface area contributed by atoms with E-state index in [1.54, 1.807) is 11.9 Å². The first-order chi connectivity index (χ1) is 11.5. The summed E-state index contributed by atoms with van der Waals surface area (Å²) in [6.07, 6.45) is 1.72. The number of hydrogen-bond donors (Lipinski definition) is 1. The lowest BCUT2D eigenvalue weighted by Gasteiger charge is -2.32. The minimum atomic E-state index is -0.0940. The van der Waals surface area contributed by atoms with Crippen molar-refractivity contribution in [1.29, 1.82) is 0 Å². The van der Waals surface area contributed by atoms with Crippen LogP contribution in [0, 0.1) is 5.92 Å². The molecule has 2 rings (SSSR count). The van der Waals surface area contributed by atoms with Crippen LogP contribution in [-0.2, 0) is 4.79 Å². The highest BCUT2D eigenvalue weighted by Crippen LogP contribution is 2.21. The second-order valence-electron chi connectivity index (χ2n) is 6.63. The average Bonchev–Trinajstić information content (AvgIpc) is 2.61. The van der Waals surface area contributed by atoms with Gasteiger partial charge in [0.15, 0.2) is 0 Å². The molecule has 1 heterocycles. The fourth-order valence-electron chi connectivity index (χ4n) is 3.40. The van der Waals surface area contributed by atoms with Gasteiger partial charge in [-0.15, -0.1) is 0 Å². The maximum absolute atomic E-state index is 12.7. The number of carbonyl (C=O) groups is 2. The van der Waals surface area contributed by atoms with Crippen LogP contribution in [0.1, 0.15) is 44.0 Å². The summed E-state index contributed by atoms with van der Waals surface area (Å²) in [4.78, 5) is 28.6. The van der Waals surface area contributed by atoms with Gasteiger partial charge in [-0.2, -0.15) is 0 Å². The van der Waals surface area contributed by atoms with Crippen molar-refractivity contribution < 1.29 is 9.59 Å². The van der Waals surface area contributed by atoms with Gasteiger partial charge in [0.05, 0.1) is 5.92 Å². The molecule has 2 amide bonds. The van der Waals surface area contributed by atoms with Crippen LogP contribution >= 0.6 is 0 Å². The van der Waals surface area contributed by atoms with Crippen molar-refractivity contribution in [2.45, 2.75) is 39.7 Å². The number of carbonyl (C=O) groups excluding carboxylic acids is 2. The molecule has 1 aromatic carbocycles. The number of anilines is 1. The van der Waals surface area contributed by atoms with Gasteiger partial charge in [0.1, 0.15) is 0 Å². The van der Waals surface area contributed by atoms with Gasteiger partial charge in [-0.25, -0.2) is 0 Å². The molecular weight excluding hydrogens is 302 g/mol. The Morgan fingerprint density at radius 2 is 1.96 bits per heavy atom. The first kappa shape index (κ1) is 18.3. The van der Waals surface area contributed by atoms with E-state index in [2.05, 4.69) is 31.0 Å². The summed E-state index contributed by atoms with van der Waals surface area (Å²) < 4.78 is 0. The quantitative estimate of drug-likeness (QED) is 0.902. The molecule has 1 aromatic rings. The maximum Gasteiger partial charge on any atom is 0.253 e. The number of piperidine rings is 1. The number of amides is 2. The van der Waals surface area contributed by atoms with Gasteiger partial charge >= 0.3 is 0 Å². The molecule has 0 bridgehead atoms. The Labute approximate surface area is 145 Å². The van der Waals surface area contributed by atoms with Gasteiger partial charge < -0.3 is 15.1 Å². The molecular formula is C19H29N3O2. The molecule has 1 N–H and O–H groups in total. The monoisotopic (exact) mass is 331 g/mol. The van der Waals surface area contributed by atoms with Gasteiger partial charge in [0, 0.05) is 44.0 Å². The summed E-state index contributed by atoms with van der Waals surface area (Å²) >= 11 is 0. The van der Waals surface area contributed by atoms with Crippen molar-refractivity contribution in [1.82, 2.24) is 10.2 Å². The lowest BCUT2D eigenvalue weighted by Crippen LogP contribution is -2.44. The highest BCUT2D eigenvalue weighted by atomic mass is 16.2. The van der Waals surface area contributed by atoms with E-state index >= 15 is 0 Å². The summed E-state index contributed by atoms with van der Waals surface area (Å²) in [7, 11) is 1.65. The number of hydrogen-bond acceptors (Lipinski definition) is 3. The first-order valence-corrected chi connectivity index (χ1v) is 8.85. The second kappa shape index (κ2) is 8.18. The molecule has 1 fully saturated rings. The summed E-state index contributed by atoms with van der Waals surface area (Å²) in [5.41, 5.74) is 1.82. The Hall–Kier alpha value is -2.04. The molecule has 1 saturated heterocycles. The van der Waals surface area contributed by atoms with E-state index in [1.807, 2.05) is 24.3 Å². The van der Waals surface area contributed by atoms with Crippen molar-refractivity contribution >= 4 is 17.5 Å². The smallest absolute Gasteiger partial charge is 0.253 e. The zero-order valence-electron chi connectivity index (χ0n) is 15.2. The normalized spacial score (nSPS) is 17.7. The molecule has 132 valence electrons. The Kier molecular flexibility index (Phi) is 6.23. The third-order valence-electron chi connectivity index (χ3n) is 4.74. The van der Waals surface area contributed by atoms with E-state index in [1.165, 1.54) is 0 Å². The Balaban J connectivity index is 2.08. The molecule has 0 spiro atoms. The van der Waals surface area contributed by atoms with Crippen molar-refractivity contribution in [2.75, 3.05) is 31.6 Å². The zero-order chi connectivity index (χ0) is 17.7. The van der Waals surface area contributed by atoms with Gasteiger partial charge in [0.25, 0.3) is 5.91 Å². The minimum Gasteiger partial charge on any atom is -0.369 e. The van der Waals surface area contributed by atoms with E-state index in [4.69, 9.17) is 0 Å². The number of benzene rings is 1. The summed E-state index contributed by atoms with van der Waals surface area (Å²) in [6, 6.07) is 8.23. The molecule has 24 heavy (non-hydrogen) atoms. The van der Waals surface area contributed by atoms with Crippen molar-refractivity contribution in [2.24, 2.45) is 5.92 Å². The average molecular weight is 331 g/mol. The van der Waals surface area contributed by atoms with Crippen molar-refractivity contribution in [3.63, 3.8) is 0 Å². The third-order valence-corrected chi connectivity index (χ3v) is 4.74. The van der Waals surface area contributed by atoms with Crippen molar-refractivity contribution in [3.8, 4) is 0 Å². The highest BCUT2D eigenvalue weighted by molar-refractivity contribution is 5.95. The van der Waals surface area contributed by atoms with Crippen LogP contribution in [0.5, 0.6) is 0 Å². The molecule has 5 nitrogen and oxygen atoms in total. The Morgan fingerprint density at radius 1 is 1.29 bits per heavy atom. The minimum absolute atomic E-state index is 0.0164. The van der Waals surface area contributed by atoms with Crippen LogP contribution in [0.2, 0.25) is 0 Å². The lowest BCUT2D eigenvalue weighted by atomic mass is 9.96. The van der Waals surface area contributed by atoms with Gasteiger partial charge in [-0.05, 0) is 57.9 Å². The molecule has 0 aromatic heterocycles. The SMILES string of the molecule is CCN(c1ccc(C(=O)N2CCCC(C(=O)NC)C2)cc1)C(C)C. The van der Waals surface area contributed by atoms with Crippen LogP contribution < -0.4 is 10.2 Å². The zero-order valence-corrected chi connectivity index (χ0v) is 15.2. The molecule has 1 aliphatic rings. The number of nitrogens with zero attached hydrogens (tertiary/aromatic N) is 2. The predicted molar refractivity (Wildman–Crippen MR) is 97.3 cm³/mol. The van der Waals surface area contributed by atoms with Crippen LogP contribution in [0.3, 0.4) is 0 Å². The molecule has 0 saturated carbocycles. The molecule has 0 radical (unpaired) electrons. The third kappa shape index (κ3) is 4.08. The Bertz CT molecular complexity index is 568. The fraction of sp³-hybridized carbons (Fsp3) is 0.579. The molecule has 1 unspecified atom stereocenters. The predicted octanol–water partition coefficient (Wildman–Crippen LogP) is 2.52. The number of nitrogens with one attached hydrogen (secondary N) is 1. The number of rotatable bonds is 5.